The minimum Gasteiger partial charge on any atom is -0.462 e. The molecular weight excluding hydrogens is 1020 g/mol. The number of esters is 4. The third kappa shape index (κ3) is 51.5. The summed E-state index contributed by atoms with van der Waals surface area (Å²) >= 11 is 0. The highest BCUT2D eigenvalue weighted by Gasteiger charge is 2.30. The Balaban J connectivity index is 5.21. The van der Waals surface area contributed by atoms with Gasteiger partial charge in [0.1, 0.15) is 19.3 Å². The van der Waals surface area contributed by atoms with E-state index in [4.69, 9.17) is 37.0 Å². The van der Waals surface area contributed by atoms with Gasteiger partial charge in [0.25, 0.3) is 0 Å². The van der Waals surface area contributed by atoms with Gasteiger partial charge >= 0.3 is 39.5 Å². The highest BCUT2D eigenvalue weighted by Crippen LogP contribution is 2.45. The van der Waals surface area contributed by atoms with E-state index in [1.165, 1.54) is 89.9 Å². The Morgan fingerprint density at radius 2 is 0.605 bits per heavy atom. The molecule has 0 rings (SSSR count). The molecule has 0 aromatic heterocycles. The number of phosphoric ester groups is 2. The molecule has 0 spiro atoms. The van der Waals surface area contributed by atoms with E-state index in [1.54, 1.807) is 0 Å². The van der Waals surface area contributed by atoms with Crippen LogP contribution in [0.25, 0.3) is 0 Å². The number of unbranched alkanes of at least 4 members (excludes halogenated alkanes) is 29. The Bertz CT molecular complexity index is 1500. The van der Waals surface area contributed by atoms with Crippen molar-refractivity contribution in [3.05, 3.63) is 0 Å². The number of phosphoric acid groups is 2. The number of rotatable bonds is 57. The monoisotopic (exact) mass is 1130 g/mol. The van der Waals surface area contributed by atoms with Gasteiger partial charge in [-0.2, -0.15) is 0 Å². The average molecular weight is 1130 g/mol. The molecule has 0 saturated heterocycles. The normalized spacial score (nSPS) is 14.4. The van der Waals surface area contributed by atoms with Crippen LogP contribution < -0.4 is 0 Å². The lowest BCUT2D eigenvalue weighted by Crippen LogP contribution is -2.30. The quantitative estimate of drug-likeness (QED) is 0.0222. The lowest BCUT2D eigenvalue weighted by Gasteiger charge is -2.21. The van der Waals surface area contributed by atoms with Crippen molar-refractivity contribution in [3.8, 4) is 0 Å². The van der Waals surface area contributed by atoms with Crippen molar-refractivity contribution in [1.29, 1.82) is 0 Å². The average Bonchev–Trinajstić information content (AvgIpc) is 3.38. The van der Waals surface area contributed by atoms with Crippen LogP contribution in [-0.2, 0) is 65.4 Å². The van der Waals surface area contributed by atoms with Gasteiger partial charge in [0.05, 0.1) is 26.4 Å². The molecule has 2 unspecified atom stereocenters. The predicted molar refractivity (Wildman–Crippen MR) is 298 cm³/mol. The molecule has 19 heteroatoms. The Kier molecular flexibility index (Phi) is 49.9. The molecule has 0 aliphatic carbocycles. The molecule has 17 nitrogen and oxygen atoms in total. The van der Waals surface area contributed by atoms with E-state index in [0.29, 0.717) is 31.6 Å². The molecule has 0 aromatic carbocycles. The zero-order valence-electron chi connectivity index (χ0n) is 48.4. The molecule has 0 fully saturated rings. The number of ether oxygens (including phenoxy) is 4. The first-order valence-electron chi connectivity index (χ1n) is 30.1. The summed E-state index contributed by atoms with van der Waals surface area (Å²) in [5.41, 5.74) is 0. The number of carbonyl (C=O) groups excluding carboxylic acids is 4. The summed E-state index contributed by atoms with van der Waals surface area (Å²) in [5.74, 6) is -1.45. The molecule has 0 heterocycles. The first kappa shape index (κ1) is 74.1. The smallest absolute Gasteiger partial charge is 0.462 e. The fraction of sp³-hybridized carbons (Fsp3) is 0.930. The van der Waals surface area contributed by atoms with Crippen molar-refractivity contribution in [2.24, 2.45) is 5.92 Å². The van der Waals surface area contributed by atoms with E-state index < -0.39 is 97.5 Å². The second kappa shape index (κ2) is 51.2. The lowest BCUT2D eigenvalue weighted by molar-refractivity contribution is -0.161. The fourth-order valence-electron chi connectivity index (χ4n) is 8.34. The molecule has 0 radical (unpaired) electrons. The highest BCUT2D eigenvalue weighted by atomic mass is 31.2. The Hall–Kier alpha value is -1.94. The SMILES string of the molecule is CCCCCCCCCCCCC(=O)OC[C@H](COP(=O)(O)OC[C@@H](O)COP(=O)(O)OC[C@@H](COC(=O)CCCCCCCCCC)OC(=O)CCCCCCCCCC)OC(=O)CCCCCCCCCC(C)C. The molecule has 3 N–H and O–H groups in total. The van der Waals surface area contributed by atoms with E-state index in [1.807, 2.05) is 0 Å². The molecule has 0 aliphatic rings. The van der Waals surface area contributed by atoms with E-state index in [2.05, 4.69) is 34.6 Å². The summed E-state index contributed by atoms with van der Waals surface area (Å²) in [7, 11) is -9.86. The summed E-state index contributed by atoms with van der Waals surface area (Å²) in [4.78, 5) is 71.7. The summed E-state index contributed by atoms with van der Waals surface area (Å²) in [6, 6.07) is 0. The summed E-state index contributed by atoms with van der Waals surface area (Å²) < 4.78 is 67.5. The van der Waals surface area contributed by atoms with Gasteiger partial charge in [-0.15, -0.1) is 0 Å². The van der Waals surface area contributed by atoms with Gasteiger partial charge in [-0.05, 0) is 31.6 Å². The molecule has 0 aliphatic heterocycles. The molecule has 0 aromatic rings. The van der Waals surface area contributed by atoms with Crippen LogP contribution in [0.3, 0.4) is 0 Å². The highest BCUT2D eigenvalue weighted by molar-refractivity contribution is 7.47. The van der Waals surface area contributed by atoms with Crippen LogP contribution in [0.4, 0.5) is 0 Å². The summed E-state index contributed by atoms with van der Waals surface area (Å²) in [5, 5.41) is 10.5. The van der Waals surface area contributed by atoms with Crippen molar-refractivity contribution >= 4 is 39.5 Å². The van der Waals surface area contributed by atoms with Gasteiger partial charge in [0, 0.05) is 25.7 Å². The Morgan fingerprint density at radius 1 is 0.355 bits per heavy atom. The first-order chi connectivity index (χ1) is 36.5. The van der Waals surface area contributed by atoms with Crippen LogP contribution in [0.5, 0.6) is 0 Å². The number of carbonyl (C=O) groups is 4. The van der Waals surface area contributed by atoms with Crippen molar-refractivity contribution in [1.82, 2.24) is 0 Å². The number of aliphatic hydroxyl groups is 1. The van der Waals surface area contributed by atoms with Crippen LogP contribution in [-0.4, -0.2) is 96.7 Å². The van der Waals surface area contributed by atoms with Crippen LogP contribution in [0, 0.1) is 5.92 Å². The first-order valence-corrected chi connectivity index (χ1v) is 33.1. The number of hydrogen-bond donors (Lipinski definition) is 3. The number of aliphatic hydroxyl groups excluding tert-OH is 1. The molecule has 76 heavy (non-hydrogen) atoms. The zero-order chi connectivity index (χ0) is 56.4. The third-order valence-corrected chi connectivity index (χ3v) is 14.9. The van der Waals surface area contributed by atoms with Crippen LogP contribution in [0.2, 0.25) is 0 Å². The second-order valence-corrected chi connectivity index (χ2v) is 24.1. The van der Waals surface area contributed by atoms with Gasteiger partial charge in [-0.1, -0.05) is 227 Å². The maximum Gasteiger partial charge on any atom is 0.472 e. The zero-order valence-corrected chi connectivity index (χ0v) is 50.2. The minimum atomic E-state index is -4.93. The maximum absolute atomic E-state index is 12.9. The second-order valence-electron chi connectivity index (χ2n) is 21.2. The van der Waals surface area contributed by atoms with Crippen molar-refractivity contribution in [3.63, 3.8) is 0 Å². The van der Waals surface area contributed by atoms with Crippen LogP contribution in [0.15, 0.2) is 0 Å². The van der Waals surface area contributed by atoms with Gasteiger partial charge in [-0.3, -0.25) is 37.3 Å². The van der Waals surface area contributed by atoms with Gasteiger partial charge < -0.3 is 33.8 Å². The molecule has 450 valence electrons. The van der Waals surface area contributed by atoms with Crippen LogP contribution >= 0.6 is 15.6 Å². The van der Waals surface area contributed by atoms with E-state index in [-0.39, 0.29) is 25.7 Å². The van der Waals surface area contributed by atoms with E-state index >= 15 is 0 Å². The molecule has 0 bridgehead atoms. The van der Waals surface area contributed by atoms with Gasteiger partial charge in [0.15, 0.2) is 12.2 Å². The third-order valence-electron chi connectivity index (χ3n) is 13.0. The standard InChI is InChI=1S/C57H110O17P2/c1-6-9-12-15-18-21-22-27-31-36-41-55(60)68-47-53(74-57(62)43-38-33-28-23-24-29-34-39-50(4)5)49-72-76(65,66)70-45-51(58)44-69-75(63,64)71-48-52(73-56(61)42-37-32-26-20-17-14-11-8-3)46-67-54(59)40-35-30-25-19-16-13-10-7-2/h50-53,58H,6-49H2,1-5H3,(H,63,64)(H,65,66)/t51-,52+,53+/m0/s1. The van der Waals surface area contributed by atoms with Crippen molar-refractivity contribution in [2.75, 3.05) is 39.6 Å². The number of hydrogen-bond acceptors (Lipinski definition) is 15. The van der Waals surface area contributed by atoms with Gasteiger partial charge in [0.2, 0.25) is 0 Å². The molecule has 0 amide bonds. The van der Waals surface area contributed by atoms with Gasteiger partial charge in [-0.25, -0.2) is 9.13 Å². The largest absolute Gasteiger partial charge is 0.472 e. The lowest BCUT2D eigenvalue weighted by atomic mass is 10.0. The van der Waals surface area contributed by atoms with Crippen molar-refractivity contribution < 1.29 is 80.2 Å². The topological polar surface area (TPSA) is 237 Å². The van der Waals surface area contributed by atoms with E-state index in [0.717, 1.165) is 103 Å². The molecule has 5 atom stereocenters. The Morgan fingerprint density at radius 3 is 0.895 bits per heavy atom. The molecular formula is C57H110O17P2. The minimum absolute atomic E-state index is 0.103. The van der Waals surface area contributed by atoms with E-state index in [9.17, 15) is 43.2 Å². The Labute approximate surface area is 460 Å². The summed E-state index contributed by atoms with van der Waals surface area (Å²) in [6.45, 7) is 7.01. The predicted octanol–water partition coefficient (Wildman–Crippen LogP) is 15.1. The maximum atomic E-state index is 12.9. The van der Waals surface area contributed by atoms with Crippen molar-refractivity contribution in [2.45, 2.75) is 297 Å². The molecule has 0 saturated carbocycles. The summed E-state index contributed by atoms with van der Waals surface area (Å²) in [6.07, 6.45) is 32.2. The fourth-order valence-corrected chi connectivity index (χ4v) is 9.92. The van der Waals surface area contributed by atoms with Crippen LogP contribution in [0.1, 0.15) is 279 Å².